The van der Waals surface area contributed by atoms with Crippen LogP contribution in [-0.4, -0.2) is 15.3 Å². The van der Waals surface area contributed by atoms with Gasteiger partial charge in [0, 0.05) is 10.6 Å². The predicted octanol–water partition coefficient (Wildman–Crippen LogP) is 4.38. The lowest BCUT2D eigenvalue weighted by Crippen LogP contribution is -1.89. The summed E-state index contributed by atoms with van der Waals surface area (Å²) in [4.78, 5) is 12.0. The summed E-state index contributed by atoms with van der Waals surface area (Å²) >= 11 is 8.15. The first kappa shape index (κ1) is 13.4. The van der Waals surface area contributed by atoms with E-state index in [0.717, 1.165) is 17.3 Å². The van der Waals surface area contributed by atoms with Crippen LogP contribution in [0.5, 0.6) is 0 Å². The van der Waals surface area contributed by atoms with Crippen LogP contribution in [-0.2, 0) is 0 Å². The molecule has 2 aromatic heterocycles. The molecular weight excluding hydrogens is 316 g/mol. The molecular formula is C13H7ClN2O2S2. The number of hydrogen-bond donors (Lipinski definition) is 0. The summed E-state index contributed by atoms with van der Waals surface area (Å²) in [5, 5.41) is 7.96. The zero-order chi connectivity index (χ0) is 13.9. The molecule has 0 aliphatic heterocycles. The van der Waals surface area contributed by atoms with Gasteiger partial charge in [0.1, 0.15) is 11.3 Å². The van der Waals surface area contributed by atoms with Crippen LogP contribution in [0.3, 0.4) is 0 Å². The summed E-state index contributed by atoms with van der Waals surface area (Å²) in [5.74, 6) is 0.915. The number of halogens is 1. The maximum absolute atomic E-state index is 12.0. The van der Waals surface area contributed by atoms with E-state index in [2.05, 4.69) is 10.2 Å². The van der Waals surface area contributed by atoms with Gasteiger partial charge in [-0.25, -0.2) is 0 Å². The standard InChI is InChI=1S/C13H7ClN2O2S2/c14-9-3-1-8(2-4-9)10-5-6-11(18-10)12(17)20-13-16-15-7-19-13/h1-7H. The number of rotatable bonds is 3. The van der Waals surface area contributed by atoms with E-state index in [4.69, 9.17) is 16.0 Å². The van der Waals surface area contributed by atoms with E-state index in [9.17, 15) is 4.79 Å². The van der Waals surface area contributed by atoms with Gasteiger partial charge < -0.3 is 4.42 Å². The molecule has 0 spiro atoms. The minimum atomic E-state index is -0.193. The molecule has 0 bridgehead atoms. The van der Waals surface area contributed by atoms with Crippen LogP contribution in [0.2, 0.25) is 5.02 Å². The van der Waals surface area contributed by atoms with Crippen molar-refractivity contribution in [3.05, 3.63) is 52.7 Å². The smallest absolute Gasteiger partial charge is 0.261 e. The van der Waals surface area contributed by atoms with Crippen molar-refractivity contribution in [2.24, 2.45) is 0 Å². The van der Waals surface area contributed by atoms with Gasteiger partial charge in [0.15, 0.2) is 10.1 Å². The number of furan rings is 1. The van der Waals surface area contributed by atoms with Crippen molar-refractivity contribution >= 4 is 39.8 Å². The molecule has 0 amide bonds. The number of thioether (sulfide) groups is 1. The van der Waals surface area contributed by atoms with Gasteiger partial charge in [-0.3, -0.25) is 4.79 Å². The molecule has 0 atom stereocenters. The Balaban J connectivity index is 1.79. The first-order valence-electron chi connectivity index (χ1n) is 5.56. The molecule has 0 aliphatic rings. The van der Waals surface area contributed by atoms with Crippen molar-refractivity contribution in [1.82, 2.24) is 10.2 Å². The Labute approximate surface area is 127 Å². The van der Waals surface area contributed by atoms with Crippen LogP contribution < -0.4 is 0 Å². The average molecular weight is 323 g/mol. The Morgan fingerprint density at radius 1 is 1.20 bits per heavy atom. The summed E-state index contributed by atoms with van der Waals surface area (Å²) in [6.45, 7) is 0. The summed E-state index contributed by atoms with van der Waals surface area (Å²) in [7, 11) is 0. The number of nitrogens with zero attached hydrogens (tertiary/aromatic N) is 2. The second-order valence-corrected chi connectivity index (χ2v) is 6.25. The highest BCUT2D eigenvalue weighted by Crippen LogP contribution is 2.28. The normalized spacial score (nSPS) is 10.7. The summed E-state index contributed by atoms with van der Waals surface area (Å²) in [6, 6.07) is 10.6. The van der Waals surface area contributed by atoms with Crippen molar-refractivity contribution in [2.75, 3.05) is 0 Å². The van der Waals surface area contributed by atoms with E-state index >= 15 is 0 Å². The van der Waals surface area contributed by atoms with Crippen LogP contribution in [0.15, 0.2) is 50.7 Å². The number of aromatic nitrogens is 2. The summed E-state index contributed by atoms with van der Waals surface area (Å²) < 4.78 is 6.16. The lowest BCUT2D eigenvalue weighted by Gasteiger charge is -1.97. The molecule has 3 aromatic rings. The molecule has 1 aromatic carbocycles. The Morgan fingerprint density at radius 3 is 2.70 bits per heavy atom. The van der Waals surface area contributed by atoms with Crippen molar-refractivity contribution in [3.63, 3.8) is 0 Å². The average Bonchev–Trinajstić information content (AvgIpc) is 3.10. The Hall–Kier alpha value is -1.63. The largest absolute Gasteiger partial charge is 0.452 e. The van der Waals surface area contributed by atoms with Crippen LogP contribution >= 0.6 is 34.7 Å². The molecule has 7 heteroatoms. The zero-order valence-corrected chi connectivity index (χ0v) is 12.3. The van der Waals surface area contributed by atoms with Crippen LogP contribution in [0, 0.1) is 0 Å². The number of carbonyl (C=O) groups is 1. The third-order valence-corrected chi connectivity index (χ3v) is 4.37. The van der Waals surface area contributed by atoms with Gasteiger partial charge >= 0.3 is 0 Å². The van der Waals surface area contributed by atoms with E-state index in [1.807, 2.05) is 12.1 Å². The van der Waals surface area contributed by atoms with Crippen molar-refractivity contribution in [1.29, 1.82) is 0 Å². The molecule has 0 fully saturated rings. The fourth-order valence-electron chi connectivity index (χ4n) is 1.55. The fourth-order valence-corrected chi connectivity index (χ4v) is 2.96. The van der Waals surface area contributed by atoms with Gasteiger partial charge in [-0.15, -0.1) is 10.2 Å². The lowest BCUT2D eigenvalue weighted by molar-refractivity contribution is 0.106. The SMILES string of the molecule is O=C(Sc1nncs1)c1ccc(-c2ccc(Cl)cc2)o1. The topological polar surface area (TPSA) is 56.0 Å². The molecule has 4 nitrogen and oxygen atoms in total. The highest BCUT2D eigenvalue weighted by atomic mass is 35.5. The molecule has 0 N–H and O–H groups in total. The van der Waals surface area contributed by atoms with Gasteiger partial charge in [-0.05, 0) is 48.2 Å². The molecule has 3 rings (SSSR count). The second-order valence-electron chi connectivity index (χ2n) is 3.76. The third-order valence-electron chi connectivity index (χ3n) is 2.46. The van der Waals surface area contributed by atoms with Crippen LogP contribution in [0.4, 0.5) is 0 Å². The lowest BCUT2D eigenvalue weighted by atomic mass is 10.2. The zero-order valence-electron chi connectivity index (χ0n) is 9.95. The molecule has 0 saturated heterocycles. The van der Waals surface area contributed by atoms with Crippen molar-refractivity contribution in [2.45, 2.75) is 4.34 Å². The summed E-state index contributed by atoms with van der Waals surface area (Å²) in [6.07, 6.45) is 0. The van der Waals surface area contributed by atoms with Crippen molar-refractivity contribution < 1.29 is 9.21 Å². The number of hydrogen-bond acceptors (Lipinski definition) is 6. The molecule has 0 radical (unpaired) electrons. The highest BCUT2D eigenvalue weighted by molar-refractivity contribution is 8.15. The first-order chi connectivity index (χ1) is 9.72. The maximum Gasteiger partial charge on any atom is 0.261 e. The molecule has 0 unspecified atom stereocenters. The third kappa shape index (κ3) is 2.92. The number of benzene rings is 1. The van der Waals surface area contributed by atoms with Gasteiger partial charge in [0.2, 0.25) is 0 Å². The van der Waals surface area contributed by atoms with Crippen LogP contribution in [0.25, 0.3) is 11.3 Å². The Kier molecular flexibility index (Phi) is 3.86. The van der Waals surface area contributed by atoms with Crippen LogP contribution in [0.1, 0.15) is 10.6 Å². The predicted molar refractivity (Wildman–Crippen MR) is 79.3 cm³/mol. The Bertz CT molecular complexity index is 723. The van der Waals surface area contributed by atoms with E-state index in [-0.39, 0.29) is 10.9 Å². The van der Waals surface area contributed by atoms with Gasteiger partial charge in [-0.2, -0.15) is 0 Å². The highest BCUT2D eigenvalue weighted by Gasteiger charge is 2.15. The minimum absolute atomic E-state index is 0.193. The Morgan fingerprint density at radius 2 is 2.00 bits per heavy atom. The molecule has 0 aliphatic carbocycles. The maximum atomic E-state index is 12.0. The van der Waals surface area contributed by atoms with Gasteiger partial charge in [0.05, 0.1) is 0 Å². The van der Waals surface area contributed by atoms with E-state index < -0.39 is 0 Å². The van der Waals surface area contributed by atoms with E-state index in [1.54, 1.807) is 29.8 Å². The summed E-state index contributed by atoms with van der Waals surface area (Å²) in [5.41, 5.74) is 2.45. The van der Waals surface area contributed by atoms with E-state index in [1.165, 1.54) is 11.3 Å². The number of carbonyl (C=O) groups excluding carboxylic acids is 1. The minimum Gasteiger partial charge on any atom is -0.452 e. The second kappa shape index (κ2) is 5.78. The van der Waals surface area contributed by atoms with Crippen molar-refractivity contribution in [3.8, 4) is 11.3 Å². The van der Waals surface area contributed by atoms with Gasteiger partial charge in [0.25, 0.3) is 5.12 Å². The quantitative estimate of drug-likeness (QED) is 0.670. The molecule has 2 heterocycles. The monoisotopic (exact) mass is 322 g/mol. The molecule has 100 valence electrons. The molecule has 0 saturated carbocycles. The fraction of sp³-hybridized carbons (Fsp3) is 0. The molecule has 20 heavy (non-hydrogen) atoms. The first-order valence-corrected chi connectivity index (χ1v) is 7.64. The van der Waals surface area contributed by atoms with Gasteiger partial charge in [-0.1, -0.05) is 22.9 Å². The van der Waals surface area contributed by atoms with E-state index in [0.29, 0.717) is 15.1 Å².